The van der Waals surface area contributed by atoms with E-state index in [9.17, 15) is 4.79 Å². The average Bonchev–Trinajstić information content (AvgIpc) is 3.33. The third kappa shape index (κ3) is 5.38. The van der Waals surface area contributed by atoms with Crippen LogP contribution in [0.5, 0.6) is 5.75 Å². The molecule has 4 aromatic rings. The van der Waals surface area contributed by atoms with Crippen molar-refractivity contribution >= 4 is 45.6 Å². The fourth-order valence-electron chi connectivity index (χ4n) is 3.50. The van der Waals surface area contributed by atoms with Gasteiger partial charge in [0.05, 0.1) is 11.6 Å². The van der Waals surface area contributed by atoms with Gasteiger partial charge in [0.15, 0.2) is 5.82 Å². The topological polar surface area (TPSA) is 68.5 Å². The molecule has 2 atom stereocenters. The number of ether oxygens (including phenoxy) is 1. The van der Waals surface area contributed by atoms with Gasteiger partial charge in [0.25, 0.3) is 5.56 Å². The van der Waals surface area contributed by atoms with E-state index in [1.165, 1.54) is 15.9 Å². The molecule has 0 amide bonds. The van der Waals surface area contributed by atoms with E-state index in [1.807, 2.05) is 18.2 Å². The molecule has 0 fully saturated rings. The van der Waals surface area contributed by atoms with Crippen LogP contribution in [0.25, 0.3) is 11.0 Å². The lowest BCUT2D eigenvalue weighted by atomic mass is 10.0. The summed E-state index contributed by atoms with van der Waals surface area (Å²) in [5.74, 6) is 1.41. The summed E-state index contributed by atoms with van der Waals surface area (Å²) in [4.78, 5) is 18.1. The number of halogens is 2. The molecule has 2 heterocycles. The quantitative estimate of drug-likeness (QED) is 0.378. The molecular weight excluding hydrogens is 479 g/mol. The van der Waals surface area contributed by atoms with Crippen LogP contribution in [0.2, 0.25) is 10.0 Å². The molecule has 0 spiro atoms. The van der Waals surface area contributed by atoms with Crippen LogP contribution in [0.15, 0.2) is 47.3 Å². The predicted octanol–water partition coefficient (Wildman–Crippen LogP) is 4.69. The van der Waals surface area contributed by atoms with Gasteiger partial charge in [-0.25, -0.2) is 4.98 Å². The minimum absolute atomic E-state index is 0.0128. The summed E-state index contributed by atoms with van der Waals surface area (Å²) in [6.45, 7) is 4.28. The summed E-state index contributed by atoms with van der Waals surface area (Å²) in [5.41, 5.74) is 1.59. The Morgan fingerprint density at radius 2 is 2.06 bits per heavy atom. The van der Waals surface area contributed by atoms with Crippen molar-refractivity contribution in [3.05, 3.63) is 84.3 Å². The Labute approximate surface area is 205 Å². The first-order chi connectivity index (χ1) is 15.9. The second-order valence-corrected chi connectivity index (χ2v) is 9.67. The number of methoxy groups -OCH3 is 1. The van der Waals surface area contributed by atoms with Crippen molar-refractivity contribution in [3.8, 4) is 5.75 Å². The third-order valence-electron chi connectivity index (χ3n) is 5.46. The van der Waals surface area contributed by atoms with E-state index >= 15 is 0 Å². The number of fused-ring (bicyclic) bond motifs is 1. The van der Waals surface area contributed by atoms with Gasteiger partial charge in [0.2, 0.25) is 4.96 Å². The van der Waals surface area contributed by atoms with Crippen LogP contribution >= 0.6 is 34.5 Å². The van der Waals surface area contributed by atoms with Crippen LogP contribution in [-0.2, 0) is 6.42 Å². The standard InChI is InChI=1S/C24H24Cl2N4O2S/c1-4-14(2)27-20(16-6-5-7-18(10-16)32-3)13-22-28-24-30(29-22)23(31)21(33-24)11-15-8-9-17(25)12-19(15)26/h5-12,14,20,27H,4,13H2,1-3H3/b21-11-. The van der Waals surface area contributed by atoms with Crippen molar-refractivity contribution in [2.75, 3.05) is 7.11 Å². The average molecular weight is 503 g/mol. The molecule has 1 N–H and O–H groups in total. The summed E-state index contributed by atoms with van der Waals surface area (Å²) in [6.07, 6.45) is 3.28. The van der Waals surface area contributed by atoms with Gasteiger partial charge in [0.1, 0.15) is 5.75 Å². The first kappa shape index (κ1) is 23.7. The molecule has 4 rings (SSSR count). The van der Waals surface area contributed by atoms with E-state index < -0.39 is 0 Å². The van der Waals surface area contributed by atoms with Gasteiger partial charge in [0, 0.05) is 28.5 Å². The van der Waals surface area contributed by atoms with Crippen LogP contribution in [0.1, 0.15) is 43.3 Å². The minimum atomic E-state index is -0.215. The normalized spacial score (nSPS) is 14.0. The lowest BCUT2D eigenvalue weighted by Gasteiger charge is -2.22. The number of rotatable bonds is 8. The number of benzene rings is 2. The maximum atomic E-state index is 12.9. The minimum Gasteiger partial charge on any atom is -0.497 e. The van der Waals surface area contributed by atoms with Gasteiger partial charge < -0.3 is 10.1 Å². The fraction of sp³-hybridized carbons (Fsp3) is 0.292. The van der Waals surface area contributed by atoms with Crippen molar-refractivity contribution in [1.29, 1.82) is 0 Å². The van der Waals surface area contributed by atoms with Crippen LogP contribution < -0.4 is 20.1 Å². The Balaban J connectivity index is 1.66. The molecule has 0 saturated carbocycles. The molecule has 2 aromatic carbocycles. The van der Waals surface area contributed by atoms with Crippen molar-refractivity contribution in [2.24, 2.45) is 0 Å². The van der Waals surface area contributed by atoms with E-state index in [4.69, 9.17) is 27.9 Å². The van der Waals surface area contributed by atoms with Crippen LogP contribution in [0.4, 0.5) is 0 Å². The molecule has 172 valence electrons. The summed E-state index contributed by atoms with van der Waals surface area (Å²) in [6, 6.07) is 13.4. The highest BCUT2D eigenvalue weighted by Gasteiger charge is 2.19. The van der Waals surface area contributed by atoms with Gasteiger partial charge >= 0.3 is 0 Å². The third-order valence-corrected chi connectivity index (χ3v) is 6.98. The number of aromatic nitrogens is 3. The second-order valence-electron chi connectivity index (χ2n) is 7.81. The zero-order valence-electron chi connectivity index (χ0n) is 18.5. The van der Waals surface area contributed by atoms with Gasteiger partial charge in [-0.2, -0.15) is 4.52 Å². The maximum Gasteiger partial charge on any atom is 0.291 e. The fourth-order valence-corrected chi connectivity index (χ4v) is 4.88. The molecule has 0 aliphatic heterocycles. The predicted molar refractivity (Wildman–Crippen MR) is 135 cm³/mol. The summed E-state index contributed by atoms with van der Waals surface area (Å²) in [5, 5.41) is 9.18. The molecule has 0 bridgehead atoms. The molecule has 0 saturated heterocycles. The monoisotopic (exact) mass is 502 g/mol. The van der Waals surface area contributed by atoms with Crippen molar-refractivity contribution in [1.82, 2.24) is 19.9 Å². The Morgan fingerprint density at radius 3 is 2.76 bits per heavy atom. The number of hydrogen-bond acceptors (Lipinski definition) is 6. The zero-order chi connectivity index (χ0) is 23.5. The molecule has 2 unspecified atom stereocenters. The van der Waals surface area contributed by atoms with Gasteiger partial charge in [-0.3, -0.25) is 4.79 Å². The van der Waals surface area contributed by atoms with Crippen molar-refractivity contribution in [2.45, 2.75) is 38.8 Å². The highest BCUT2D eigenvalue weighted by atomic mass is 35.5. The van der Waals surface area contributed by atoms with Gasteiger partial charge in [-0.05, 0) is 54.8 Å². The van der Waals surface area contributed by atoms with E-state index in [1.54, 1.807) is 31.4 Å². The lowest BCUT2D eigenvalue weighted by Crippen LogP contribution is -2.31. The SMILES string of the molecule is CCC(C)NC(Cc1nc2s/c(=C\c3ccc(Cl)cc3Cl)c(=O)n2n1)c1cccc(OC)c1. The van der Waals surface area contributed by atoms with Gasteiger partial charge in [-0.1, -0.05) is 59.7 Å². The first-order valence-corrected chi connectivity index (χ1v) is 12.2. The maximum absolute atomic E-state index is 12.9. The zero-order valence-corrected chi connectivity index (χ0v) is 20.8. The molecule has 9 heteroatoms. The van der Waals surface area contributed by atoms with Crippen molar-refractivity contribution in [3.63, 3.8) is 0 Å². The number of hydrogen-bond donors (Lipinski definition) is 1. The summed E-state index contributed by atoms with van der Waals surface area (Å²) in [7, 11) is 1.66. The molecular formula is C24H24Cl2N4O2S. The largest absolute Gasteiger partial charge is 0.497 e. The molecule has 2 aromatic heterocycles. The summed E-state index contributed by atoms with van der Waals surface area (Å²) < 4.78 is 7.27. The van der Waals surface area contributed by atoms with Crippen LogP contribution in [-0.4, -0.2) is 27.7 Å². The molecule has 0 aliphatic carbocycles. The molecule has 0 radical (unpaired) electrons. The van der Waals surface area contributed by atoms with Gasteiger partial charge in [-0.15, -0.1) is 5.10 Å². The Hall–Kier alpha value is -2.45. The van der Waals surface area contributed by atoms with E-state index in [-0.39, 0.29) is 11.6 Å². The van der Waals surface area contributed by atoms with Crippen LogP contribution in [0, 0.1) is 0 Å². The second kappa shape index (κ2) is 10.2. The first-order valence-electron chi connectivity index (χ1n) is 10.6. The highest BCUT2D eigenvalue weighted by Crippen LogP contribution is 2.24. The Kier molecular flexibility index (Phi) is 7.34. The van der Waals surface area contributed by atoms with Crippen molar-refractivity contribution < 1.29 is 4.74 Å². The lowest BCUT2D eigenvalue weighted by molar-refractivity contribution is 0.409. The smallest absolute Gasteiger partial charge is 0.291 e. The summed E-state index contributed by atoms with van der Waals surface area (Å²) >= 11 is 13.5. The Bertz CT molecular complexity index is 1390. The number of nitrogens with zero attached hydrogens (tertiary/aromatic N) is 3. The number of thiazole rings is 1. The molecule has 33 heavy (non-hydrogen) atoms. The van der Waals surface area contributed by atoms with E-state index in [0.29, 0.717) is 37.8 Å². The van der Waals surface area contributed by atoms with E-state index in [2.05, 4.69) is 35.3 Å². The van der Waals surface area contributed by atoms with Crippen LogP contribution in [0.3, 0.4) is 0 Å². The molecule has 6 nitrogen and oxygen atoms in total. The number of nitrogens with one attached hydrogen (secondary N) is 1. The van der Waals surface area contributed by atoms with E-state index in [0.717, 1.165) is 23.3 Å². The molecule has 0 aliphatic rings. The Morgan fingerprint density at radius 1 is 1.24 bits per heavy atom. The highest BCUT2D eigenvalue weighted by molar-refractivity contribution is 7.15.